The smallest absolute Gasteiger partial charge is 0.495 e. The highest BCUT2D eigenvalue weighted by Crippen LogP contribution is 2.37. The highest BCUT2D eigenvalue weighted by molar-refractivity contribution is 6.62. The first-order valence-corrected chi connectivity index (χ1v) is 9.93. The van der Waals surface area contributed by atoms with Crippen molar-refractivity contribution in [2.45, 2.75) is 65.1 Å². The second-order valence-corrected chi connectivity index (χ2v) is 8.92. The van der Waals surface area contributed by atoms with Crippen molar-refractivity contribution in [3.63, 3.8) is 0 Å². The van der Waals surface area contributed by atoms with Gasteiger partial charge in [-0.1, -0.05) is 13.0 Å². The van der Waals surface area contributed by atoms with Crippen LogP contribution in [0.5, 0.6) is 5.75 Å². The van der Waals surface area contributed by atoms with E-state index in [-0.39, 0.29) is 5.91 Å². The van der Waals surface area contributed by atoms with E-state index in [1.54, 1.807) is 7.11 Å². The van der Waals surface area contributed by atoms with E-state index in [2.05, 4.69) is 6.92 Å². The Morgan fingerprint density at radius 1 is 1.26 bits per heavy atom. The van der Waals surface area contributed by atoms with Crippen LogP contribution in [0.4, 0.5) is 0 Å². The van der Waals surface area contributed by atoms with E-state index in [1.165, 1.54) is 6.42 Å². The van der Waals surface area contributed by atoms with E-state index in [4.69, 9.17) is 14.0 Å². The first kappa shape index (κ1) is 20.2. The van der Waals surface area contributed by atoms with Gasteiger partial charge in [-0.05, 0) is 69.6 Å². The third-order valence-electron chi connectivity index (χ3n) is 6.21. The normalized spacial score (nSPS) is 24.1. The minimum Gasteiger partial charge on any atom is -0.497 e. The van der Waals surface area contributed by atoms with Gasteiger partial charge in [0, 0.05) is 13.1 Å². The fourth-order valence-corrected chi connectivity index (χ4v) is 3.75. The molecule has 2 aliphatic rings. The molecule has 2 saturated heterocycles. The molecule has 1 atom stereocenters. The number of carbonyl (C=O) groups excluding carboxylic acids is 1. The van der Waals surface area contributed by atoms with Crippen molar-refractivity contribution in [3.05, 3.63) is 23.8 Å². The molecule has 0 radical (unpaired) electrons. The van der Waals surface area contributed by atoms with Gasteiger partial charge in [0.15, 0.2) is 0 Å². The van der Waals surface area contributed by atoms with Gasteiger partial charge in [-0.25, -0.2) is 0 Å². The van der Waals surface area contributed by atoms with Crippen LogP contribution in [0.2, 0.25) is 0 Å². The molecule has 0 saturated carbocycles. The summed E-state index contributed by atoms with van der Waals surface area (Å²) in [6.45, 7) is 12.0. The Hall–Kier alpha value is -1.53. The summed E-state index contributed by atoms with van der Waals surface area (Å²) in [7, 11) is 1.16. The molecular formula is C21H32BNO4. The van der Waals surface area contributed by atoms with Crippen LogP contribution < -0.4 is 10.2 Å². The van der Waals surface area contributed by atoms with Gasteiger partial charge < -0.3 is 18.9 Å². The van der Waals surface area contributed by atoms with Crippen molar-refractivity contribution >= 4 is 18.5 Å². The standard InChI is InChI=1S/C21H32BNO4/c1-15-8-7-11-23(14-15)19(24)13-16-12-17(25-6)9-10-18(16)22-26-20(2,3)21(4,5)27-22/h9-10,12,15H,7-8,11,13-14H2,1-6H3. The number of rotatable bonds is 4. The van der Waals surface area contributed by atoms with Crippen LogP contribution in [0.15, 0.2) is 18.2 Å². The quantitative estimate of drug-likeness (QED) is 0.762. The van der Waals surface area contributed by atoms with E-state index >= 15 is 0 Å². The molecule has 1 unspecified atom stereocenters. The summed E-state index contributed by atoms with van der Waals surface area (Å²) in [5.74, 6) is 1.47. The van der Waals surface area contributed by atoms with Gasteiger partial charge in [0.05, 0.1) is 24.7 Å². The zero-order valence-corrected chi connectivity index (χ0v) is 17.5. The molecule has 148 valence electrons. The largest absolute Gasteiger partial charge is 0.497 e. The maximum absolute atomic E-state index is 12.9. The summed E-state index contributed by atoms with van der Waals surface area (Å²) in [4.78, 5) is 14.9. The number of carbonyl (C=O) groups is 1. The average Bonchev–Trinajstić information content (AvgIpc) is 2.82. The summed E-state index contributed by atoms with van der Waals surface area (Å²) in [6.07, 6.45) is 2.61. The molecule has 2 fully saturated rings. The molecule has 6 heteroatoms. The Morgan fingerprint density at radius 3 is 2.52 bits per heavy atom. The maximum atomic E-state index is 12.9. The molecule has 0 aromatic heterocycles. The second kappa shape index (κ2) is 7.48. The Kier molecular flexibility index (Phi) is 5.60. The van der Waals surface area contributed by atoms with Crippen molar-refractivity contribution in [2.75, 3.05) is 20.2 Å². The Labute approximate surface area is 163 Å². The molecule has 3 rings (SSSR count). The van der Waals surface area contributed by atoms with E-state index in [0.717, 1.165) is 36.3 Å². The van der Waals surface area contributed by atoms with Crippen LogP contribution in [0.25, 0.3) is 0 Å². The predicted octanol–water partition coefficient (Wildman–Crippen LogP) is 2.80. The molecule has 5 nitrogen and oxygen atoms in total. The zero-order valence-electron chi connectivity index (χ0n) is 17.5. The van der Waals surface area contributed by atoms with Gasteiger partial charge in [0.25, 0.3) is 0 Å². The van der Waals surface area contributed by atoms with E-state index < -0.39 is 18.3 Å². The summed E-state index contributed by atoms with van der Waals surface area (Å²) < 4.78 is 17.8. The molecule has 2 heterocycles. The number of benzene rings is 1. The average molecular weight is 373 g/mol. The van der Waals surface area contributed by atoms with Gasteiger partial charge >= 0.3 is 7.12 Å². The third kappa shape index (κ3) is 4.17. The highest BCUT2D eigenvalue weighted by atomic mass is 16.7. The van der Waals surface area contributed by atoms with Crippen molar-refractivity contribution in [1.29, 1.82) is 0 Å². The summed E-state index contributed by atoms with van der Waals surface area (Å²) in [5.41, 5.74) is 0.992. The first-order chi connectivity index (χ1) is 12.6. The number of likely N-dealkylation sites (tertiary alicyclic amines) is 1. The predicted molar refractivity (Wildman–Crippen MR) is 107 cm³/mol. The van der Waals surface area contributed by atoms with Crippen LogP contribution >= 0.6 is 0 Å². The molecule has 0 bridgehead atoms. The highest BCUT2D eigenvalue weighted by Gasteiger charge is 2.52. The molecule has 0 aliphatic carbocycles. The van der Waals surface area contributed by atoms with Crippen molar-refractivity contribution in [1.82, 2.24) is 4.90 Å². The lowest BCUT2D eigenvalue weighted by molar-refractivity contribution is -0.132. The number of hydrogen-bond donors (Lipinski definition) is 0. The van der Waals surface area contributed by atoms with Crippen molar-refractivity contribution in [2.24, 2.45) is 5.92 Å². The number of hydrogen-bond acceptors (Lipinski definition) is 4. The fraction of sp³-hybridized carbons (Fsp3) is 0.667. The Balaban J connectivity index is 1.85. The van der Waals surface area contributed by atoms with Gasteiger partial charge in [0.2, 0.25) is 5.91 Å². The van der Waals surface area contributed by atoms with Crippen LogP contribution in [-0.4, -0.2) is 49.3 Å². The molecule has 1 aromatic rings. The summed E-state index contributed by atoms with van der Waals surface area (Å²) in [5, 5.41) is 0. The molecule has 0 spiro atoms. The van der Waals surface area contributed by atoms with E-state index in [0.29, 0.717) is 12.3 Å². The maximum Gasteiger partial charge on any atom is 0.495 e. The zero-order chi connectivity index (χ0) is 19.8. The molecular weight excluding hydrogens is 341 g/mol. The SMILES string of the molecule is COc1ccc(B2OC(C)(C)C(C)(C)O2)c(CC(=O)N2CCCC(C)C2)c1. The molecule has 1 amide bonds. The molecule has 0 N–H and O–H groups in total. The number of ether oxygens (including phenoxy) is 1. The van der Waals surface area contributed by atoms with Crippen LogP contribution in [0, 0.1) is 5.92 Å². The number of piperidine rings is 1. The topological polar surface area (TPSA) is 48.0 Å². The van der Waals surface area contributed by atoms with Crippen molar-refractivity contribution in [3.8, 4) is 5.75 Å². The van der Waals surface area contributed by atoms with Crippen molar-refractivity contribution < 1.29 is 18.8 Å². The van der Waals surface area contributed by atoms with Gasteiger partial charge in [-0.2, -0.15) is 0 Å². The minimum absolute atomic E-state index is 0.160. The lowest BCUT2D eigenvalue weighted by Gasteiger charge is -2.32. The van der Waals surface area contributed by atoms with Crippen LogP contribution in [-0.2, 0) is 20.5 Å². The van der Waals surface area contributed by atoms with Gasteiger partial charge in [-0.3, -0.25) is 4.79 Å². The number of nitrogens with zero attached hydrogens (tertiary/aromatic N) is 1. The molecule has 27 heavy (non-hydrogen) atoms. The number of methoxy groups -OCH3 is 1. The molecule has 1 aromatic carbocycles. The number of amides is 1. The lowest BCUT2D eigenvalue weighted by Crippen LogP contribution is -2.42. The first-order valence-electron chi connectivity index (χ1n) is 9.93. The Morgan fingerprint density at radius 2 is 1.93 bits per heavy atom. The lowest BCUT2D eigenvalue weighted by atomic mass is 9.75. The molecule has 2 aliphatic heterocycles. The minimum atomic E-state index is -0.482. The van der Waals surface area contributed by atoms with Gasteiger partial charge in [0.1, 0.15) is 5.75 Å². The third-order valence-corrected chi connectivity index (χ3v) is 6.21. The van der Waals surface area contributed by atoms with Gasteiger partial charge in [-0.15, -0.1) is 0 Å². The van der Waals surface area contributed by atoms with E-state index in [1.807, 2.05) is 50.8 Å². The van der Waals surface area contributed by atoms with E-state index in [9.17, 15) is 4.79 Å². The fourth-order valence-electron chi connectivity index (χ4n) is 3.75. The van der Waals surface area contributed by atoms with Crippen LogP contribution in [0.3, 0.4) is 0 Å². The second-order valence-electron chi connectivity index (χ2n) is 8.92. The summed E-state index contributed by atoms with van der Waals surface area (Å²) >= 11 is 0. The van der Waals surface area contributed by atoms with Crippen LogP contribution in [0.1, 0.15) is 53.0 Å². The monoisotopic (exact) mass is 373 g/mol. The summed E-state index contributed by atoms with van der Waals surface area (Å²) in [6, 6.07) is 5.80. The Bertz CT molecular complexity index is 687.